The van der Waals surface area contributed by atoms with E-state index in [2.05, 4.69) is 41.1 Å². The Labute approximate surface area is 192 Å². The van der Waals surface area contributed by atoms with Gasteiger partial charge in [-0.15, -0.1) is 11.3 Å². The Kier molecular flexibility index (Phi) is 6.11. The highest BCUT2D eigenvalue weighted by molar-refractivity contribution is 7.18. The third-order valence-electron chi connectivity index (χ3n) is 6.89. The molecule has 0 bridgehead atoms. The summed E-state index contributed by atoms with van der Waals surface area (Å²) in [6.45, 7) is 6.73. The summed E-state index contributed by atoms with van der Waals surface area (Å²) in [5, 5.41) is 0.796. The first-order valence-corrected chi connectivity index (χ1v) is 12.5. The Morgan fingerprint density at radius 3 is 2.69 bits per heavy atom. The van der Waals surface area contributed by atoms with Crippen molar-refractivity contribution in [2.45, 2.75) is 52.1 Å². The van der Waals surface area contributed by atoms with E-state index < -0.39 is 0 Å². The van der Waals surface area contributed by atoms with Crippen LogP contribution in [0.5, 0.6) is 0 Å². The first-order valence-electron chi connectivity index (χ1n) is 11.6. The Morgan fingerprint density at radius 2 is 1.88 bits per heavy atom. The lowest BCUT2D eigenvalue weighted by atomic mass is 9.97. The fourth-order valence-corrected chi connectivity index (χ4v) is 6.12. The third-order valence-corrected chi connectivity index (χ3v) is 8.09. The molecule has 1 fully saturated rings. The minimum Gasteiger partial charge on any atom is -0.340 e. The first kappa shape index (κ1) is 21.3. The second-order valence-electron chi connectivity index (χ2n) is 8.97. The van der Waals surface area contributed by atoms with Gasteiger partial charge in [-0.25, -0.2) is 4.98 Å². The predicted octanol–water partition coefficient (Wildman–Crippen LogP) is 3.38. The quantitative estimate of drug-likeness (QED) is 0.598. The van der Waals surface area contributed by atoms with Gasteiger partial charge >= 0.3 is 0 Å². The molecule has 1 saturated heterocycles. The molecule has 2 aromatic heterocycles. The molecule has 7 heteroatoms. The van der Waals surface area contributed by atoms with E-state index in [1.165, 1.54) is 28.0 Å². The number of hydrogen-bond donors (Lipinski definition) is 0. The van der Waals surface area contributed by atoms with E-state index in [0.29, 0.717) is 13.0 Å². The number of piperazine rings is 1. The van der Waals surface area contributed by atoms with Crippen molar-refractivity contribution >= 4 is 27.5 Å². The second kappa shape index (κ2) is 9.16. The third kappa shape index (κ3) is 4.24. The van der Waals surface area contributed by atoms with Crippen LogP contribution in [0.3, 0.4) is 0 Å². The Morgan fingerprint density at radius 1 is 1.09 bits per heavy atom. The number of thiophene rings is 1. The van der Waals surface area contributed by atoms with Gasteiger partial charge in [0, 0.05) is 50.6 Å². The Hall–Kier alpha value is -2.51. The van der Waals surface area contributed by atoms with Gasteiger partial charge in [0.15, 0.2) is 0 Å². The number of benzene rings is 1. The number of fused-ring (bicyclic) bond motifs is 3. The lowest BCUT2D eigenvalue weighted by molar-refractivity contribution is -0.133. The largest absolute Gasteiger partial charge is 0.340 e. The van der Waals surface area contributed by atoms with Crippen molar-refractivity contribution in [1.82, 2.24) is 19.4 Å². The molecule has 3 heterocycles. The van der Waals surface area contributed by atoms with Crippen LogP contribution in [0.25, 0.3) is 10.2 Å². The van der Waals surface area contributed by atoms with Gasteiger partial charge in [0.25, 0.3) is 5.56 Å². The van der Waals surface area contributed by atoms with Gasteiger partial charge in [0.1, 0.15) is 4.83 Å². The summed E-state index contributed by atoms with van der Waals surface area (Å²) in [6.07, 6.45) is 6.34. The number of rotatable bonds is 5. The number of nitrogens with zero attached hydrogens (tertiary/aromatic N) is 4. The minimum absolute atomic E-state index is 0.0188. The summed E-state index contributed by atoms with van der Waals surface area (Å²) in [5.41, 5.74) is 3.89. The normalized spacial score (nSPS) is 17.0. The van der Waals surface area contributed by atoms with Gasteiger partial charge in [-0.1, -0.05) is 24.3 Å². The average Bonchev–Trinajstić information content (AvgIpc) is 3.20. The first-order chi connectivity index (χ1) is 15.6. The molecule has 0 saturated carbocycles. The van der Waals surface area contributed by atoms with E-state index in [-0.39, 0.29) is 11.5 Å². The van der Waals surface area contributed by atoms with Gasteiger partial charge in [0.2, 0.25) is 5.91 Å². The maximum Gasteiger partial charge on any atom is 0.262 e. The monoisotopic (exact) mass is 450 g/mol. The highest BCUT2D eigenvalue weighted by Gasteiger charge is 2.23. The summed E-state index contributed by atoms with van der Waals surface area (Å²) in [6, 6.07) is 8.48. The van der Waals surface area contributed by atoms with Gasteiger partial charge in [-0.2, -0.15) is 0 Å². The maximum atomic E-state index is 13.1. The van der Waals surface area contributed by atoms with Gasteiger partial charge in [-0.3, -0.25) is 19.1 Å². The van der Waals surface area contributed by atoms with E-state index in [1.54, 1.807) is 22.2 Å². The van der Waals surface area contributed by atoms with E-state index >= 15 is 0 Å². The number of carbonyl (C=O) groups is 1. The van der Waals surface area contributed by atoms with Crippen molar-refractivity contribution in [3.8, 4) is 0 Å². The van der Waals surface area contributed by atoms with E-state index in [9.17, 15) is 9.59 Å². The summed E-state index contributed by atoms with van der Waals surface area (Å²) in [4.78, 5) is 37.0. The van der Waals surface area contributed by atoms with Gasteiger partial charge < -0.3 is 4.90 Å². The molecule has 168 valence electrons. The van der Waals surface area contributed by atoms with Crippen LogP contribution >= 0.6 is 11.3 Å². The zero-order valence-corrected chi connectivity index (χ0v) is 19.5. The van der Waals surface area contributed by atoms with Crippen molar-refractivity contribution in [1.29, 1.82) is 0 Å². The molecule has 1 amide bonds. The van der Waals surface area contributed by atoms with Crippen LogP contribution in [0.1, 0.15) is 40.8 Å². The van der Waals surface area contributed by atoms with E-state index in [0.717, 1.165) is 62.2 Å². The van der Waals surface area contributed by atoms with E-state index in [1.807, 2.05) is 4.90 Å². The molecule has 5 rings (SSSR count). The molecule has 3 aromatic rings. The van der Waals surface area contributed by atoms with Crippen LogP contribution in [-0.4, -0.2) is 51.4 Å². The molecule has 2 aliphatic rings. The summed E-state index contributed by atoms with van der Waals surface area (Å²) >= 11 is 1.67. The highest BCUT2D eigenvalue weighted by atomic mass is 32.1. The van der Waals surface area contributed by atoms with Crippen LogP contribution in [0, 0.1) is 6.92 Å². The molecule has 0 spiro atoms. The van der Waals surface area contributed by atoms with Crippen molar-refractivity contribution in [3.63, 3.8) is 0 Å². The molecule has 0 atom stereocenters. The number of aryl methyl sites for hydroxylation is 4. The van der Waals surface area contributed by atoms with Crippen molar-refractivity contribution in [2.24, 2.45) is 0 Å². The summed E-state index contributed by atoms with van der Waals surface area (Å²) in [5.74, 6) is 0.125. The molecule has 1 aliphatic heterocycles. The second-order valence-corrected chi connectivity index (χ2v) is 10.1. The van der Waals surface area contributed by atoms with Crippen molar-refractivity contribution < 1.29 is 4.79 Å². The van der Waals surface area contributed by atoms with Crippen molar-refractivity contribution in [2.75, 3.05) is 26.2 Å². The van der Waals surface area contributed by atoms with Crippen LogP contribution < -0.4 is 5.56 Å². The Balaban J connectivity index is 1.19. The molecule has 0 unspecified atom stereocenters. The lowest BCUT2D eigenvalue weighted by Gasteiger charge is -2.35. The fourth-order valence-electron chi connectivity index (χ4n) is 4.90. The number of carbonyl (C=O) groups excluding carboxylic acids is 1. The van der Waals surface area contributed by atoms with Gasteiger partial charge in [-0.05, 0) is 49.3 Å². The SMILES string of the molecule is Cc1ccccc1CN1CCN(C(=O)CCn2cnc3sc4c(c3c2=O)CCCC4)CC1. The number of amides is 1. The molecule has 1 aliphatic carbocycles. The summed E-state index contributed by atoms with van der Waals surface area (Å²) < 4.78 is 1.64. The molecule has 0 N–H and O–H groups in total. The average molecular weight is 451 g/mol. The zero-order chi connectivity index (χ0) is 22.1. The molecule has 1 aromatic carbocycles. The van der Waals surface area contributed by atoms with Crippen LogP contribution in [0.4, 0.5) is 0 Å². The maximum absolute atomic E-state index is 13.1. The summed E-state index contributed by atoms with van der Waals surface area (Å²) in [7, 11) is 0. The molecule has 0 radical (unpaired) electrons. The molecular weight excluding hydrogens is 420 g/mol. The van der Waals surface area contributed by atoms with Crippen LogP contribution in [0.2, 0.25) is 0 Å². The van der Waals surface area contributed by atoms with Crippen molar-refractivity contribution in [3.05, 3.63) is 62.5 Å². The van der Waals surface area contributed by atoms with Gasteiger partial charge in [0.05, 0.1) is 11.7 Å². The standard InChI is InChI=1S/C25H30N4O2S/c1-18-6-2-3-7-19(18)16-27-12-14-28(15-13-27)22(30)10-11-29-17-26-24-23(25(29)31)20-8-4-5-9-21(20)32-24/h2-3,6-7,17H,4-5,8-16H2,1H3. The van der Waals surface area contributed by atoms with Crippen LogP contribution in [0.15, 0.2) is 35.4 Å². The van der Waals surface area contributed by atoms with E-state index in [4.69, 9.17) is 0 Å². The number of hydrogen-bond acceptors (Lipinski definition) is 5. The predicted molar refractivity (Wildman–Crippen MR) is 128 cm³/mol. The molecule has 32 heavy (non-hydrogen) atoms. The fraction of sp³-hybridized carbons (Fsp3) is 0.480. The zero-order valence-electron chi connectivity index (χ0n) is 18.7. The molecular formula is C25H30N4O2S. The van der Waals surface area contributed by atoms with Crippen LogP contribution in [-0.2, 0) is 30.7 Å². The highest BCUT2D eigenvalue weighted by Crippen LogP contribution is 2.33. The number of aromatic nitrogens is 2. The Bertz CT molecular complexity index is 1190. The minimum atomic E-state index is 0.0188. The topological polar surface area (TPSA) is 58.4 Å². The lowest BCUT2D eigenvalue weighted by Crippen LogP contribution is -2.48. The smallest absolute Gasteiger partial charge is 0.262 e. The molecule has 6 nitrogen and oxygen atoms in total.